The fraction of sp³-hybridized carbons (Fsp3) is 0.300. The third-order valence-corrected chi connectivity index (χ3v) is 2.24. The minimum absolute atomic E-state index is 0.347. The average molecular weight is 248 g/mol. The molecule has 0 bridgehead atoms. The van der Waals surface area contributed by atoms with Crippen LogP contribution in [-0.2, 0) is 0 Å². The van der Waals surface area contributed by atoms with Crippen LogP contribution in [0, 0.1) is 11.6 Å². The van der Waals surface area contributed by atoms with E-state index in [1.165, 1.54) is 0 Å². The fourth-order valence-corrected chi connectivity index (χ4v) is 1.21. The Kier molecular flexibility index (Phi) is 3.82. The summed E-state index contributed by atoms with van der Waals surface area (Å²) in [5.74, 6) is -3.07. The van der Waals surface area contributed by atoms with Crippen molar-refractivity contribution in [2.75, 3.05) is 14.2 Å². The third-order valence-electron chi connectivity index (χ3n) is 2.24. The van der Waals surface area contributed by atoms with Crippen LogP contribution in [0.3, 0.4) is 0 Å². The quantitative estimate of drug-likeness (QED) is 0.831. The van der Waals surface area contributed by atoms with Crippen LogP contribution in [-0.4, -0.2) is 25.1 Å². The van der Waals surface area contributed by atoms with Crippen molar-refractivity contribution in [3.63, 3.8) is 0 Å². The van der Waals surface area contributed by atoms with E-state index >= 15 is 0 Å². The molecule has 1 rings (SSSR count). The number of hydrogen-bond acceptors (Lipinski definition) is 2. The lowest BCUT2D eigenvalue weighted by molar-refractivity contribution is 0.128. The number of alkyl halides is 1. The first kappa shape index (κ1) is 13.1. The largest absolute Gasteiger partial charge is 0.494 e. The van der Waals surface area contributed by atoms with E-state index in [-0.39, 0.29) is 5.75 Å². The third kappa shape index (κ3) is 2.43. The van der Waals surface area contributed by atoms with Gasteiger partial charge >= 0.3 is 6.03 Å². The first-order valence-corrected chi connectivity index (χ1v) is 4.58. The Morgan fingerprint density at radius 1 is 1.41 bits per heavy atom. The number of ether oxygens (including phenoxy) is 1. The van der Waals surface area contributed by atoms with Crippen molar-refractivity contribution < 1.29 is 22.7 Å². The van der Waals surface area contributed by atoms with Gasteiger partial charge in [-0.05, 0) is 12.1 Å². The van der Waals surface area contributed by atoms with E-state index in [4.69, 9.17) is 5.73 Å². The van der Waals surface area contributed by atoms with Crippen molar-refractivity contribution >= 4 is 6.03 Å². The standard InChI is InChI=1S/C10H11F3N2O2/c1-15(10(14)16)9(13)5-3-4-6(17-2)8(12)7(5)11/h3-4,9H,1-2H3,(H2,14,16). The highest BCUT2D eigenvalue weighted by molar-refractivity contribution is 5.72. The van der Waals surface area contributed by atoms with Crippen LogP contribution >= 0.6 is 0 Å². The minimum atomic E-state index is -2.16. The lowest BCUT2D eigenvalue weighted by Crippen LogP contribution is -2.34. The molecule has 0 aliphatic carbocycles. The van der Waals surface area contributed by atoms with Gasteiger partial charge in [0.1, 0.15) is 0 Å². The monoisotopic (exact) mass is 248 g/mol. The van der Waals surface area contributed by atoms with Crippen molar-refractivity contribution in [1.29, 1.82) is 0 Å². The van der Waals surface area contributed by atoms with E-state index in [2.05, 4.69) is 4.74 Å². The summed E-state index contributed by atoms with van der Waals surface area (Å²) in [6.07, 6.45) is -2.16. The lowest BCUT2D eigenvalue weighted by atomic mass is 10.1. The topological polar surface area (TPSA) is 55.6 Å². The minimum Gasteiger partial charge on any atom is -0.494 e. The van der Waals surface area contributed by atoms with E-state index in [0.717, 1.165) is 26.3 Å². The molecule has 0 aromatic heterocycles. The van der Waals surface area contributed by atoms with Gasteiger partial charge in [0.25, 0.3) is 0 Å². The molecule has 0 aliphatic heterocycles. The van der Waals surface area contributed by atoms with E-state index in [1.807, 2.05) is 0 Å². The molecule has 94 valence electrons. The molecular formula is C10H11F3N2O2. The molecule has 1 aromatic rings. The highest BCUT2D eigenvalue weighted by Crippen LogP contribution is 2.29. The van der Waals surface area contributed by atoms with E-state index in [1.54, 1.807) is 0 Å². The molecule has 2 N–H and O–H groups in total. The normalized spacial score (nSPS) is 12.1. The highest BCUT2D eigenvalue weighted by Gasteiger charge is 2.25. The van der Waals surface area contributed by atoms with Crippen LogP contribution in [0.2, 0.25) is 0 Å². The van der Waals surface area contributed by atoms with Crippen molar-refractivity contribution in [3.05, 3.63) is 29.3 Å². The predicted octanol–water partition coefficient (Wildman–Crippen LogP) is 1.95. The van der Waals surface area contributed by atoms with Crippen molar-refractivity contribution in [3.8, 4) is 5.75 Å². The van der Waals surface area contributed by atoms with Gasteiger partial charge in [0.2, 0.25) is 12.1 Å². The Labute approximate surface area is 95.8 Å². The van der Waals surface area contributed by atoms with Crippen LogP contribution in [0.4, 0.5) is 18.0 Å². The van der Waals surface area contributed by atoms with Crippen molar-refractivity contribution in [1.82, 2.24) is 4.90 Å². The molecule has 0 saturated heterocycles. The average Bonchev–Trinajstić information content (AvgIpc) is 2.30. The van der Waals surface area contributed by atoms with Crippen LogP contribution in [0.15, 0.2) is 12.1 Å². The molecular weight excluding hydrogens is 237 g/mol. The van der Waals surface area contributed by atoms with E-state index in [9.17, 15) is 18.0 Å². The molecule has 1 aromatic carbocycles. The Morgan fingerprint density at radius 3 is 2.47 bits per heavy atom. The molecule has 0 saturated carbocycles. The number of methoxy groups -OCH3 is 1. The van der Waals surface area contributed by atoms with Gasteiger partial charge < -0.3 is 10.5 Å². The number of halogens is 3. The Bertz CT molecular complexity index is 440. The predicted molar refractivity (Wildman–Crippen MR) is 54.1 cm³/mol. The second kappa shape index (κ2) is 4.94. The van der Waals surface area contributed by atoms with E-state index in [0.29, 0.717) is 4.90 Å². The summed E-state index contributed by atoms with van der Waals surface area (Å²) in [5.41, 5.74) is 4.20. The van der Waals surface area contributed by atoms with Gasteiger partial charge in [0, 0.05) is 12.6 Å². The second-order valence-corrected chi connectivity index (χ2v) is 3.27. The number of carbonyl (C=O) groups is 1. The number of nitrogens with zero attached hydrogens (tertiary/aromatic N) is 1. The number of benzene rings is 1. The maximum absolute atomic E-state index is 13.6. The molecule has 0 aliphatic rings. The van der Waals surface area contributed by atoms with Gasteiger partial charge in [-0.1, -0.05) is 0 Å². The number of urea groups is 1. The highest BCUT2D eigenvalue weighted by atomic mass is 19.2. The maximum Gasteiger partial charge on any atom is 0.317 e. The van der Waals surface area contributed by atoms with Gasteiger partial charge in [-0.15, -0.1) is 0 Å². The van der Waals surface area contributed by atoms with Crippen LogP contribution in [0.1, 0.15) is 11.9 Å². The van der Waals surface area contributed by atoms with Gasteiger partial charge in [0.15, 0.2) is 11.6 Å². The summed E-state index contributed by atoms with van der Waals surface area (Å²) in [6, 6.07) is 0.962. The molecule has 0 radical (unpaired) electrons. The second-order valence-electron chi connectivity index (χ2n) is 3.27. The summed E-state index contributed by atoms with van der Waals surface area (Å²) in [5, 5.41) is 0. The molecule has 4 nitrogen and oxygen atoms in total. The Morgan fingerprint density at radius 2 is 2.00 bits per heavy atom. The summed E-state index contributed by atoms with van der Waals surface area (Å²) in [4.78, 5) is 11.1. The van der Waals surface area contributed by atoms with Crippen molar-refractivity contribution in [2.24, 2.45) is 5.73 Å². The molecule has 7 heteroatoms. The first-order chi connectivity index (χ1) is 7.90. The smallest absolute Gasteiger partial charge is 0.317 e. The number of nitrogens with two attached hydrogens (primary N) is 1. The van der Waals surface area contributed by atoms with Gasteiger partial charge in [-0.25, -0.2) is 13.6 Å². The number of hydrogen-bond donors (Lipinski definition) is 1. The maximum atomic E-state index is 13.6. The van der Waals surface area contributed by atoms with Gasteiger partial charge in [0.05, 0.1) is 7.11 Å². The number of amides is 2. The SMILES string of the molecule is COc1ccc(C(F)N(C)C(N)=O)c(F)c1F. The van der Waals surface area contributed by atoms with Gasteiger partial charge in [-0.2, -0.15) is 4.39 Å². The molecule has 0 heterocycles. The molecule has 0 fully saturated rings. The van der Waals surface area contributed by atoms with E-state index < -0.39 is 29.5 Å². The van der Waals surface area contributed by atoms with Crippen LogP contribution < -0.4 is 10.5 Å². The zero-order valence-corrected chi connectivity index (χ0v) is 9.21. The molecule has 1 atom stereocenters. The summed E-state index contributed by atoms with van der Waals surface area (Å²) in [6.45, 7) is 0. The number of primary amides is 1. The van der Waals surface area contributed by atoms with Crippen LogP contribution in [0.5, 0.6) is 5.75 Å². The Balaban J connectivity index is 3.16. The van der Waals surface area contributed by atoms with Crippen LogP contribution in [0.25, 0.3) is 0 Å². The number of carbonyl (C=O) groups excluding carboxylic acids is 1. The molecule has 0 spiro atoms. The first-order valence-electron chi connectivity index (χ1n) is 4.58. The molecule has 17 heavy (non-hydrogen) atoms. The summed E-state index contributed by atoms with van der Waals surface area (Å²) < 4.78 is 44.9. The Hall–Kier alpha value is -1.92. The summed E-state index contributed by atoms with van der Waals surface area (Å²) in [7, 11) is 2.19. The molecule has 1 unspecified atom stereocenters. The van der Waals surface area contributed by atoms with Gasteiger partial charge in [-0.3, -0.25) is 4.90 Å². The zero-order valence-electron chi connectivity index (χ0n) is 9.21. The zero-order chi connectivity index (χ0) is 13.2. The van der Waals surface area contributed by atoms with Crippen molar-refractivity contribution in [2.45, 2.75) is 6.30 Å². The lowest BCUT2D eigenvalue weighted by Gasteiger charge is -2.20. The number of rotatable bonds is 3. The summed E-state index contributed by atoms with van der Waals surface area (Å²) >= 11 is 0. The fourth-order valence-electron chi connectivity index (χ4n) is 1.21. The molecule has 2 amide bonds.